The van der Waals surface area contributed by atoms with Gasteiger partial charge in [-0.3, -0.25) is 4.79 Å². The molecule has 0 aliphatic carbocycles. The molecule has 7 nitrogen and oxygen atoms in total. The normalized spacial score (nSPS) is 10.6. The van der Waals surface area contributed by atoms with Crippen LogP contribution in [0.2, 0.25) is 5.02 Å². The van der Waals surface area contributed by atoms with E-state index in [4.69, 9.17) is 31.1 Å². The first-order valence-electron chi connectivity index (χ1n) is 7.33. The van der Waals surface area contributed by atoms with E-state index < -0.39 is 11.9 Å². The van der Waals surface area contributed by atoms with Crippen LogP contribution in [0.5, 0.6) is 11.5 Å². The molecule has 0 heterocycles. The van der Waals surface area contributed by atoms with Crippen molar-refractivity contribution in [1.82, 2.24) is 4.90 Å². The first-order chi connectivity index (χ1) is 11.8. The number of benzene rings is 1. The summed E-state index contributed by atoms with van der Waals surface area (Å²) in [6, 6.07) is 4.90. The highest BCUT2D eigenvalue weighted by atomic mass is 35.5. The molecule has 0 saturated heterocycles. The van der Waals surface area contributed by atoms with E-state index in [2.05, 4.69) is 0 Å². The van der Waals surface area contributed by atoms with Crippen LogP contribution in [0.4, 0.5) is 0 Å². The summed E-state index contributed by atoms with van der Waals surface area (Å²) in [5, 5.41) is 9.32. The molecule has 134 valence electrons. The van der Waals surface area contributed by atoms with Gasteiger partial charge in [-0.2, -0.15) is 5.26 Å². The second kappa shape index (κ2) is 9.55. The zero-order valence-electron chi connectivity index (χ0n) is 14.5. The van der Waals surface area contributed by atoms with Crippen molar-refractivity contribution >= 4 is 29.6 Å². The zero-order chi connectivity index (χ0) is 19.0. The van der Waals surface area contributed by atoms with Crippen LogP contribution in [0.1, 0.15) is 12.5 Å². The third kappa shape index (κ3) is 5.69. The summed E-state index contributed by atoms with van der Waals surface area (Å²) >= 11 is 6.18. The summed E-state index contributed by atoms with van der Waals surface area (Å²) in [7, 11) is 4.51. The lowest BCUT2D eigenvalue weighted by Gasteiger charge is -2.13. The number of nitriles is 1. The molecule has 0 radical (unpaired) electrons. The number of nitrogens with zero attached hydrogens (tertiary/aromatic N) is 2. The van der Waals surface area contributed by atoms with Crippen molar-refractivity contribution in [1.29, 1.82) is 5.26 Å². The third-order valence-electron chi connectivity index (χ3n) is 2.96. The van der Waals surface area contributed by atoms with E-state index in [1.807, 2.05) is 6.07 Å². The topological polar surface area (TPSA) is 88.9 Å². The van der Waals surface area contributed by atoms with Crippen molar-refractivity contribution in [2.24, 2.45) is 0 Å². The lowest BCUT2D eigenvalue weighted by Crippen LogP contribution is -2.22. The fourth-order valence-electron chi connectivity index (χ4n) is 1.85. The van der Waals surface area contributed by atoms with E-state index in [1.165, 1.54) is 24.2 Å². The van der Waals surface area contributed by atoms with E-state index in [1.54, 1.807) is 27.1 Å². The number of likely N-dealkylation sites (N-methyl/N-ethyl adjacent to an activating group) is 1. The Kier molecular flexibility index (Phi) is 7.76. The van der Waals surface area contributed by atoms with Gasteiger partial charge in [0.1, 0.15) is 11.6 Å². The molecule has 1 rings (SSSR count). The second-order valence-electron chi connectivity index (χ2n) is 5.00. The lowest BCUT2D eigenvalue weighted by molar-refractivity contribution is -0.145. The molecule has 0 aliphatic rings. The Morgan fingerprint density at radius 2 is 2.04 bits per heavy atom. The molecule has 0 fully saturated rings. The minimum atomic E-state index is -0.534. The van der Waals surface area contributed by atoms with Crippen LogP contribution in [0.15, 0.2) is 17.7 Å². The summed E-state index contributed by atoms with van der Waals surface area (Å²) in [6.07, 6.45) is 1.39. The quantitative estimate of drug-likeness (QED) is 0.418. The Labute approximate surface area is 151 Å². The Bertz CT molecular complexity index is 722. The van der Waals surface area contributed by atoms with Crippen LogP contribution in [-0.4, -0.2) is 51.2 Å². The molecule has 1 aromatic rings. The fourth-order valence-corrected chi connectivity index (χ4v) is 2.12. The van der Waals surface area contributed by atoms with Crippen molar-refractivity contribution < 1.29 is 23.8 Å². The summed E-state index contributed by atoms with van der Waals surface area (Å²) < 4.78 is 15.3. The molecule has 0 aromatic heterocycles. The maximum atomic E-state index is 11.9. The van der Waals surface area contributed by atoms with E-state index in [0.29, 0.717) is 5.56 Å². The van der Waals surface area contributed by atoms with Crippen LogP contribution in [-0.2, 0) is 14.3 Å². The fraction of sp³-hybridized carbons (Fsp3) is 0.353. The standard InChI is InChI=1S/C17H19ClN2O5/c1-5-24-15(21)10-25-16-13(18)7-11(8-14(16)23-4)6-12(9-19)17(22)20(2)3/h6-8H,5,10H2,1-4H3/b12-6-. The molecule has 0 spiro atoms. The predicted molar refractivity (Wildman–Crippen MR) is 92.4 cm³/mol. The van der Waals surface area contributed by atoms with Gasteiger partial charge in [-0.05, 0) is 30.7 Å². The number of carbonyl (C=O) groups is 2. The number of halogens is 1. The Hall–Kier alpha value is -2.72. The average Bonchev–Trinajstić information content (AvgIpc) is 2.57. The van der Waals surface area contributed by atoms with E-state index >= 15 is 0 Å². The Balaban J connectivity index is 3.15. The smallest absolute Gasteiger partial charge is 0.344 e. The number of hydrogen-bond donors (Lipinski definition) is 0. The van der Waals surface area contributed by atoms with Gasteiger partial charge >= 0.3 is 5.97 Å². The second-order valence-corrected chi connectivity index (χ2v) is 5.40. The van der Waals surface area contributed by atoms with Crippen molar-refractivity contribution in [3.05, 3.63) is 28.3 Å². The molecule has 0 unspecified atom stereocenters. The first kappa shape index (κ1) is 20.3. The highest BCUT2D eigenvalue weighted by Gasteiger charge is 2.16. The van der Waals surface area contributed by atoms with Gasteiger partial charge in [-0.1, -0.05) is 11.6 Å². The zero-order valence-corrected chi connectivity index (χ0v) is 15.2. The largest absolute Gasteiger partial charge is 0.493 e. The lowest BCUT2D eigenvalue weighted by atomic mass is 10.1. The Morgan fingerprint density at radius 3 is 2.56 bits per heavy atom. The van der Waals surface area contributed by atoms with E-state index in [0.717, 1.165) is 0 Å². The van der Waals surface area contributed by atoms with Crippen molar-refractivity contribution in [2.45, 2.75) is 6.92 Å². The highest BCUT2D eigenvalue weighted by Crippen LogP contribution is 2.37. The average molecular weight is 367 g/mol. The Morgan fingerprint density at radius 1 is 1.36 bits per heavy atom. The summed E-state index contributed by atoms with van der Waals surface area (Å²) in [4.78, 5) is 24.6. The third-order valence-corrected chi connectivity index (χ3v) is 3.24. The van der Waals surface area contributed by atoms with Gasteiger partial charge in [0.05, 0.1) is 18.7 Å². The highest BCUT2D eigenvalue weighted by molar-refractivity contribution is 6.32. The van der Waals surface area contributed by atoms with Gasteiger partial charge in [0, 0.05) is 14.1 Å². The molecule has 0 N–H and O–H groups in total. The van der Waals surface area contributed by atoms with Crippen LogP contribution < -0.4 is 9.47 Å². The van der Waals surface area contributed by atoms with Gasteiger partial charge in [-0.15, -0.1) is 0 Å². The number of carbonyl (C=O) groups excluding carboxylic acids is 2. The van der Waals surface area contributed by atoms with Gasteiger partial charge in [0.25, 0.3) is 5.91 Å². The van der Waals surface area contributed by atoms with Crippen molar-refractivity contribution in [3.8, 4) is 17.6 Å². The molecular formula is C17H19ClN2O5. The molecule has 25 heavy (non-hydrogen) atoms. The molecule has 1 amide bonds. The summed E-state index contributed by atoms with van der Waals surface area (Å²) in [6.45, 7) is 1.61. The summed E-state index contributed by atoms with van der Waals surface area (Å²) in [5.41, 5.74) is 0.431. The van der Waals surface area contributed by atoms with Crippen LogP contribution >= 0.6 is 11.6 Å². The maximum absolute atomic E-state index is 11.9. The molecule has 0 aliphatic heterocycles. The van der Waals surface area contributed by atoms with Crippen LogP contribution in [0.25, 0.3) is 6.08 Å². The number of esters is 1. The minimum absolute atomic E-state index is 0.0525. The number of methoxy groups -OCH3 is 1. The van der Waals surface area contributed by atoms with Crippen LogP contribution in [0.3, 0.4) is 0 Å². The number of rotatable bonds is 7. The number of ether oxygens (including phenoxy) is 3. The SMILES string of the molecule is CCOC(=O)COc1c(Cl)cc(/C=C(/C#N)C(=O)N(C)C)cc1OC. The molecule has 0 bridgehead atoms. The monoisotopic (exact) mass is 366 g/mol. The van der Waals surface area contributed by atoms with Gasteiger partial charge in [0.2, 0.25) is 0 Å². The predicted octanol–water partition coefficient (Wildman–Crippen LogP) is 2.29. The molecule has 0 atom stereocenters. The van der Waals surface area contributed by atoms with Crippen LogP contribution in [0, 0.1) is 11.3 Å². The van der Waals surface area contributed by atoms with E-state index in [9.17, 15) is 9.59 Å². The van der Waals surface area contributed by atoms with Gasteiger partial charge in [0.15, 0.2) is 18.1 Å². The summed E-state index contributed by atoms with van der Waals surface area (Å²) in [5.74, 6) is -0.530. The first-order valence-corrected chi connectivity index (χ1v) is 7.71. The maximum Gasteiger partial charge on any atom is 0.344 e. The van der Waals surface area contributed by atoms with Crippen molar-refractivity contribution in [3.63, 3.8) is 0 Å². The molecule has 0 saturated carbocycles. The number of hydrogen-bond acceptors (Lipinski definition) is 6. The van der Waals surface area contributed by atoms with Gasteiger partial charge < -0.3 is 19.1 Å². The molecular weight excluding hydrogens is 348 g/mol. The van der Waals surface area contributed by atoms with Gasteiger partial charge in [-0.25, -0.2) is 4.79 Å². The number of amides is 1. The minimum Gasteiger partial charge on any atom is -0.493 e. The molecule has 1 aromatic carbocycles. The molecule has 8 heteroatoms. The van der Waals surface area contributed by atoms with E-state index in [-0.39, 0.29) is 35.3 Å². The van der Waals surface area contributed by atoms with Crippen molar-refractivity contribution in [2.75, 3.05) is 34.4 Å².